The van der Waals surface area contributed by atoms with Crippen LogP contribution in [0.3, 0.4) is 0 Å². The zero-order valence-corrected chi connectivity index (χ0v) is 42.9. The van der Waals surface area contributed by atoms with Gasteiger partial charge in [0.15, 0.2) is 0 Å². The number of hydrogen-bond donors (Lipinski definition) is 4. The Labute approximate surface area is 435 Å². The number of rotatable bonds is 10. The molecule has 4 amide bonds. The number of fused-ring (bicyclic) bond motifs is 1. The third kappa shape index (κ3) is 13.4. The highest BCUT2D eigenvalue weighted by Crippen LogP contribution is 2.35. The van der Waals surface area contributed by atoms with Gasteiger partial charge in [0.25, 0.3) is 5.91 Å². The van der Waals surface area contributed by atoms with Crippen LogP contribution in [0.25, 0.3) is 17.0 Å². The molecule has 4 aliphatic heterocycles. The first-order valence-corrected chi connectivity index (χ1v) is 26.3. The van der Waals surface area contributed by atoms with E-state index in [1.807, 2.05) is 24.3 Å². The van der Waals surface area contributed by atoms with Gasteiger partial charge < -0.3 is 40.1 Å². The molecule has 16 heteroatoms. The molecule has 9 rings (SSSR count). The first kappa shape index (κ1) is 52.0. The maximum Gasteiger partial charge on any atom is 0.321 e. The number of aromatic nitrogens is 1. The quantitative estimate of drug-likeness (QED) is 0.103. The molecule has 11 nitrogen and oxygen atoms in total. The van der Waals surface area contributed by atoms with Gasteiger partial charge in [-0.15, -0.1) is 0 Å². The maximum atomic E-state index is 13.0. The monoisotopic (exact) mass is 1050 g/mol. The molecule has 4 fully saturated rings. The van der Waals surface area contributed by atoms with Crippen LogP contribution in [-0.2, 0) is 9.59 Å². The van der Waals surface area contributed by atoms with E-state index in [4.69, 9.17) is 58.0 Å². The van der Waals surface area contributed by atoms with Crippen molar-refractivity contribution < 1.29 is 24.6 Å². The van der Waals surface area contributed by atoms with Gasteiger partial charge in [0.05, 0.1) is 26.2 Å². The molecule has 1 aromatic heterocycles. The molecule has 0 bridgehead atoms. The number of nitrogens with zero attached hydrogens (tertiary/aromatic N) is 4. The lowest BCUT2D eigenvalue weighted by Gasteiger charge is -2.38. The molecule has 2 atom stereocenters. The number of halogens is 5. The van der Waals surface area contributed by atoms with Crippen LogP contribution >= 0.6 is 58.0 Å². The zero-order chi connectivity index (χ0) is 49.3. The Morgan fingerprint density at radius 3 is 1.91 bits per heavy atom. The highest BCUT2D eigenvalue weighted by Gasteiger charge is 2.35. The van der Waals surface area contributed by atoms with Gasteiger partial charge in [0, 0.05) is 79.7 Å². The predicted molar refractivity (Wildman–Crippen MR) is 283 cm³/mol. The second-order valence-electron chi connectivity index (χ2n) is 19.1. The normalized spacial score (nSPS) is 19.0. The number of carbonyl (C=O) groups excluding carboxylic acids is 3. The lowest BCUT2D eigenvalue weighted by atomic mass is 9.87. The van der Waals surface area contributed by atoms with E-state index in [9.17, 15) is 24.6 Å². The molecular weight excluding hydrogens is 990 g/mol. The number of aliphatic hydroxyl groups is 2. The smallest absolute Gasteiger partial charge is 0.321 e. The van der Waals surface area contributed by atoms with Crippen LogP contribution < -0.4 is 5.32 Å². The molecule has 0 radical (unpaired) electrons. The summed E-state index contributed by atoms with van der Waals surface area (Å²) in [5.74, 6) is 0.759. The number of piperidine rings is 4. The number of aromatic amines is 1. The van der Waals surface area contributed by atoms with Crippen LogP contribution in [0.15, 0.2) is 97.2 Å². The molecular formula is C54H61Cl5N6O5. The van der Waals surface area contributed by atoms with E-state index < -0.39 is 6.10 Å². The highest BCUT2D eigenvalue weighted by atomic mass is 35.5. The van der Waals surface area contributed by atoms with Gasteiger partial charge in [-0.2, -0.15) is 0 Å². The second kappa shape index (κ2) is 24.4. The number of anilines is 1. The van der Waals surface area contributed by atoms with Crippen LogP contribution in [0, 0.1) is 11.8 Å². The third-order valence-electron chi connectivity index (χ3n) is 14.7. The van der Waals surface area contributed by atoms with E-state index >= 15 is 0 Å². The van der Waals surface area contributed by atoms with Gasteiger partial charge in [-0.05, 0) is 159 Å². The fourth-order valence-electron chi connectivity index (χ4n) is 10.4. The lowest BCUT2D eigenvalue weighted by Crippen LogP contribution is -2.49. The fraction of sp³-hybridized carbons (Fsp3) is 0.426. The van der Waals surface area contributed by atoms with Gasteiger partial charge in [-0.1, -0.05) is 94.4 Å². The predicted octanol–water partition coefficient (Wildman–Crippen LogP) is 11.6. The number of nitrogens with one attached hydrogen (secondary N) is 2. The summed E-state index contributed by atoms with van der Waals surface area (Å²) in [7, 11) is 0. The Bertz CT molecular complexity index is 2600. The standard InChI is InChI=1S/C27H29Cl3N2O3.C27H32Cl2N4O2/c28-22-5-3-19(4-6-22)20-9-15-32(16-10-20)27(35)26(34)21-11-13-31(14-12-21)25(33)8-2-18-1-7-23(29)24(30)17-18;28-23-6-5-20(15-24(23)29)31-27(35)33-13-9-19(10-14-33)26(34)17-32-11-7-18(8-12-32)22-16-30-25-4-2-1-3-21(22)25/h1-8,17,20-21,26,34H,9-16H2;1-6,15-16,18-19,26,30,34H,7-14,17H2,(H,31,35)/b8-2+;. The lowest BCUT2D eigenvalue weighted by molar-refractivity contribution is -0.145. The number of H-pyrrole nitrogens is 1. The molecule has 5 aromatic rings. The van der Waals surface area contributed by atoms with E-state index in [0.29, 0.717) is 96.3 Å². The van der Waals surface area contributed by atoms with Gasteiger partial charge in [0.1, 0.15) is 6.10 Å². The van der Waals surface area contributed by atoms with Crippen LogP contribution in [0.4, 0.5) is 10.5 Å². The Balaban J connectivity index is 0.000000188. The van der Waals surface area contributed by atoms with Crippen molar-refractivity contribution in [2.75, 3.05) is 64.2 Å². The van der Waals surface area contributed by atoms with Crippen LogP contribution in [0.5, 0.6) is 0 Å². The fourth-order valence-corrected chi connectivity index (χ4v) is 11.1. The molecule has 0 aliphatic carbocycles. The number of carbonyl (C=O) groups is 3. The summed E-state index contributed by atoms with van der Waals surface area (Å²) in [6, 6.07) is 26.5. The molecule has 70 heavy (non-hydrogen) atoms. The molecule has 5 heterocycles. The number of hydrogen-bond acceptors (Lipinski definition) is 6. The summed E-state index contributed by atoms with van der Waals surface area (Å²) >= 11 is 29.9. The van der Waals surface area contributed by atoms with Gasteiger partial charge in [-0.25, -0.2) is 4.79 Å². The molecule has 372 valence electrons. The molecule has 2 unspecified atom stereocenters. The van der Waals surface area contributed by atoms with E-state index in [2.05, 4.69) is 45.7 Å². The summed E-state index contributed by atoms with van der Waals surface area (Å²) in [5, 5.41) is 28.5. The minimum absolute atomic E-state index is 0.0976. The maximum absolute atomic E-state index is 13.0. The van der Waals surface area contributed by atoms with Crippen molar-refractivity contribution in [3.05, 3.63) is 139 Å². The molecule has 0 saturated carbocycles. The van der Waals surface area contributed by atoms with E-state index in [1.54, 1.807) is 57.2 Å². The van der Waals surface area contributed by atoms with Crippen molar-refractivity contribution in [2.24, 2.45) is 11.8 Å². The summed E-state index contributed by atoms with van der Waals surface area (Å²) in [5.41, 5.74) is 5.29. The molecule has 4 aliphatic rings. The SMILES string of the molecule is O=C(/C=C/c1ccc(Cl)c(Cl)c1)N1CCC(C(O)C(=O)N2CCC(c3ccc(Cl)cc3)CC2)CC1.O=C(Nc1ccc(Cl)c(Cl)c1)N1CCC(C(O)CN2CCC(c3c[nH]c4ccccc34)CC2)CC1. The van der Waals surface area contributed by atoms with Crippen molar-refractivity contribution in [1.82, 2.24) is 24.6 Å². The Morgan fingerprint density at radius 2 is 1.24 bits per heavy atom. The van der Waals surface area contributed by atoms with Crippen LogP contribution in [0.2, 0.25) is 25.1 Å². The van der Waals surface area contributed by atoms with Gasteiger partial charge in [0.2, 0.25) is 5.91 Å². The summed E-state index contributed by atoms with van der Waals surface area (Å²) in [6.07, 6.45) is 10.8. The highest BCUT2D eigenvalue weighted by molar-refractivity contribution is 6.42. The number of benzene rings is 4. The van der Waals surface area contributed by atoms with Gasteiger partial charge in [-0.3, -0.25) is 9.59 Å². The Kier molecular flexibility index (Phi) is 18.1. The van der Waals surface area contributed by atoms with E-state index in [0.717, 1.165) is 62.2 Å². The topological polar surface area (TPSA) is 132 Å². The van der Waals surface area contributed by atoms with Gasteiger partial charge >= 0.3 is 6.03 Å². The minimum Gasteiger partial charge on any atom is -0.392 e. The number of para-hydroxylation sites is 1. The van der Waals surface area contributed by atoms with Crippen molar-refractivity contribution in [1.29, 1.82) is 0 Å². The van der Waals surface area contributed by atoms with Crippen molar-refractivity contribution >= 4 is 98.5 Å². The number of aliphatic hydroxyl groups excluding tert-OH is 2. The van der Waals surface area contributed by atoms with E-state index in [-0.39, 0.29) is 35.8 Å². The number of amides is 4. The summed E-state index contributed by atoms with van der Waals surface area (Å²) in [6.45, 7) is 6.30. The molecule has 4 N–H and O–H groups in total. The average molecular weight is 1050 g/mol. The second-order valence-corrected chi connectivity index (χ2v) is 21.1. The first-order valence-electron chi connectivity index (χ1n) is 24.4. The third-order valence-corrected chi connectivity index (χ3v) is 16.4. The van der Waals surface area contributed by atoms with E-state index in [1.165, 1.54) is 28.1 Å². The number of β-amino-alcohol motifs (C(OH)–C–C–N with tert-alkyl or cyclic N) is 1. The van der Waals surface area contributed by atoms with Crippen molar-refractivity contribution in [2.45, 2.75) is 75.4 Å². The number of urea groups is 1. The molecule has 4 aromatic carbocycles. The number of likely N-dealkylation sites (tertiary alicyclic amines) is 4. The Morgan fingerprint density at radius 1 is 0.643 bits per heavy atom. The average Bonchev–Trinajstić information content (AvgIpc) is 3.82. The molecule has 0 spiro atoms. The van der Waals surface area contributed by atoms with Crippen molar-refractivity contribution in [3.8, 4) is 0 Å². The van der Waals surface area contributed by atoms with Crippen molar-refractivity contribution in [3.63, 3.8) is 0 Å². The zero-order valence-electron chi connectivity index (χ0n) is 39.1. The van der Waals surface area contributed by atoms with Crippen LogP contribution in [0.1, 0.15) is 79.9 Å². The summed E-state index contributed by atoms with van der Waals surface area (Å²) < 4.78 is 0. The summed E-state index contributed by atoms with van der Waals surface area (Å²) in [4.78, 5) is 49.3. The Hall–Kier alpha value is -4.30. The first-order chi connectivity index (χ1) is 33.8. The van der Waals surface area contributed by atoms with Crippen LogP contribution in [-0.4, -0.2) is 124 Å². The minimum atomic E-state index is -1.02. The molecule has 4 saturated heterocycles. The largest absolute Gasteiger partial charge is 0.392 e.